The van der Waals surface area contributed by atoms with Gasteiger partial charge in [-0.1, -0.05) is 119 Å². The summed E-state index contributed by atoms with van der Waals surface area (Å²) in [6.07, 6.45) is 0. The molecule has 0 unspecified atom stereocenters. The first kappa shape index (κ1) is 24.2. The molecule has 1 amide bonds. The second-order valence-electron chi connectivity index (χ2n) is 7.57. The zero-order valence-corrected chi connectivity index (χ0v) is 21.3. The molecule has 0 bridgehead atoms. The first-order chi connectivity index (χ1) is 16.6. The van der Waals surface area contributed by atoms with E-state index >= 15 is 0 Å². The van der Waals surface area contributed by atoms with Gasteiger partial charge in [0.15, 0.2) is 8.68 Å². The highest BCUT2D eigenvalue weighted by atomic mass is 32.2. The lowest BCUT2D eigenvalue weighted by Gasteiger charge is -2.05. The van der Waals surface area contributed by atoms with Gasteiger partial charge in [-0.15, -0.1) is 10.2 Å². The maximum Gasteiger partial charge on any atom is 0.250 e. The number of nitrogens with zero attached hydrogens (tertiary/aromatic N) is 3. The maximum absolute atomic E-state index is 12.2. The number of carbonyl (C=O) groups is 1. The Morgan fingerprint density at radius 3 is 2.24 bits per heavy atom. The number of hydrogen-bond donors (Lipinski definition) is 1. The van der Waals surface area contributed by atoms with Crippen molar-refractivity contribution in [1.82, 2.24) is 15.6 Å². The van der Waals surface area contributed by atoms with Crippen LogP contribution in [0.2, 0.25) is 0 Å². The van der Waals surface area contributed by atoms with Gasteiger partial charge < -0.3 is 0 Å². The Hall–Kier alpha value is -2.94. The van der Waals surface area contributed by atoms with Crippen molar-refractivity contribution in [2.75, 3.05) is 5.75 Å². The molecule has 1 N–H and O–H groups in total. The van der Waals surface area contributed by atoms with Gasteiger partial charge in [0.25, 0.3) is 5.91 Å². The van der Waals surface area contributed by atoms with Gasteiger partial charge in [0.1, 0.15) is 0 Å². The summed E-state index contributed by atoms with van der Waals surface area (Å²) >= 11 is 4.53. The van der Waals surface area contributed by atoms with Gasteiger partial charge in [-0.2, -0.15) is 5.10 Å². The molecule has 8 heteroatoms. The molecule has 0 saturated carbocycles. The minimum absolute atomic E-state index is 0.172. The molecule has 0 spiro atoms. The van der Waals surface area contributed by atoms with Crippen molar-refractivity contribution in [3.8, 4) is 11.1 Å². The molecular formula is C26H24N4OS3. The van der Waals surface area contributed by atoms with Crippen molar-refractivity contribution in [2.45, 2.75) is 28.3 Å². The number of thioether (sulfide) groups is 2. The number of hydrogen-bond acceptors (Lipinski definition) is 7. The van der Waals surface area contributed by atoms with Crippen LogP contribution in [0.25, 0.3) is 11.1 Å². The summed E-state index contributed by atoms with van der Waals surface area (Å²) in [7, 11) is 0. The van der Waals surface area contributed by atoms with E-state index in [-0.39, 0.29) is 11.7 Å². The minimum atomic E-state index is -0.172. The van der Waals surface area contributed by atoms with E-state index in [0.29, 0.717) is 0 Å². The summed E-state index contributed by atoms with van der Waals surface area (Å²) in [6.45, 7) is 3.96. The van der Waals surface area contributed by atoms with Gasteiger partial charge in [-0.25, -0.2) is 5.43 Å². The number of nitrogens with one attached hydrogen (secondary N) is 1. The Bertz CT molecular complexity index is 1250. The van der Waals surface area contributed by atoms with E-state index in [0.717, 1.165) is 31.3 Å². The van der Waals surface area contributed by atoms with Crippen LogP contribution in [-0.4, -0.2) is 27.6 Å². The first-order valence-electron chi connectivity index (χ1n) is 10.7. The topological polar surface area (TPSA) is 67.2 Å². The number of carbonyl (C=O) groups excluding carboxylic acids is 1. The quantitative estimate of drug-likeness (QED) is 0.161. The second kappa shape index (κ2) is 12.0. The highest BCUT2D eigenvalue weighted by Crippen LogP contribution is 2.30. The molecule has 5 nitrogen and oxygen atoms in total. The number of rotatable bonds is 9. The Balaban J connectivity index is 1.23. The van der Waals surface area contributed by atoms with Gasteiger partial charge >= 0.3 is 0 Å². The molecule has 4 aromatic rings. The van der Waals surface area contributed by atoms with Crippen LogP contribution in [0, 0.1) is 6.92 Å². The zero-order valence-electron chi connectivity index (χ0n) is 18.9. The molecule has 0 fully saturated rings. The van der Waals surface area contributed by atoms with E-state index in [2.05, 4.69) is 76.2 Å². The molecule has 0 atom stereocenters. The van der Waals surface area contributed by atoms with Crippen LogP contribution < -0.4 is 5.43 Å². The standard InChI is InChI=1S/C26H24N4OS3/c1-18-8-10-20(11-9-18)16-32-25-29-30-26(34-25)33-17-24(31)28-27-19(2)21-12-14-23(15-13-21)22-6-4-3-5-7-22/h3-15H,16-17H2,1-2H3,(H,28,31)/b27-19+. The fraction of sp³-hybridized carbons (Fsp3) is 0.154. The van der Waals surface area contributed by atoms with Gasteiger partial charge in [0, 0.05) is 5.75 Å². The lowest BCUT2D eigenvalue weighted by molar-refractivity contribution is -0.118. The Kier molecular flexibility index (Phi) is 8.51. The number of aromatic nitrogens is 2. The molecule has 34 heavy (non-hydrogen) atoms. The van der Waals surface area contributed by atoms with Crippen molar-refractivity contribution in [3.63, 3.8) is 0 Å². The first-order valence-corrected chi connectivity index (χ1v) is 13.5. The largest absolute Gasteiger partial charge is 0.272 e. The van der Waals surface area contributed by atoms with E-state index in [1.807, 2.05) is 37.3 Å². The second-order valence-corrected chi connectivity index (χ2v) is 11.0. The van der Waals surface area contributed by atoms with Gasteiger partial charge in [-0.05, 0) is 36.1 Å². The Morgan fingerprint density at radius 2 is 1.53 bits per heavy atom. The van der Waals surface area contributed by atoms with Crippen LogP contribution in [0.4, 0.5) is 0 Å². The Labute approximate surface area is 212 Å². The van der Waals surface area contributed by atoms with Crippen LogP contribution in [0.5, 0.6) is 0 Å². The summed E-state index contributed by atoms with van der Waals surface area (Å²) in [4.78, 5) is 12.2. The average Bonchev–Trinajstić information content (AvgIpc) is 3.34. The number of hydrazone groups is 1. The van der Waals surface area contributed by atoms with Gasteiger partial charge in [0.2, 0.25) is 0 Å². The van der Waals surface area contributed by atoms with Crippen LogP contribution in [0.15, 0.2) is 92.6 Å². The highest BCUT2D eigenvalue weighted by Gasteiger charge is 2.09. The monoisotopic (exact) mass is 504 g/mol. The van der Waals surface area contributed by atoms with E-state index in [1.165, 1.54) is 39.8 Å². The predicted molar refractivity (Wildman–Crippen MR) is 144 cm³/mol. The lowest BCUT2D eigenvalue weighted by Crippen LogP contribution is -2.21. The predicted octanol–water partition coefficient (Wildman–Crippen LogP) is 6.44. The molecule has 0 radical (unpaired) electrons. The van der Waals surface area contributed by atoms with Crippen LogP contribution in [0.3, 0.4) is 0 Å². The van der Waals surface area contributed by atoms with Crippen molar-refractivity contribution in [1.29, 1.82) is 0 Å². The summed E-state index contributed by atoms with van der Waals surface area (Å²) in [5.74, 6) is 0.913. The number of benzene rings is 3. The third kappa shape index (κ3) is 7.03. The fourth-order valence-electron chi connectivity index (χ4n) is 3.05. The van der Waals surface area contributed by atoms with Crippen LogP contribution >= 0.6 is 34.9 Å². The molecule has 0 aliphatic carbocycles. The minimum Gasteiger partial charge on any atom is -0.272 e. The summed E-state index contributed by atoms with van der Waals surface area (Å²) < 4.78 is 1.68. The summed E-state index contributed by atoms with van der Waals surface area (Å²) in [6, 6.07) is 26.8. The third-order valence-electron chi connectivity index (χ3n) is 4.96. The lowest BCUT2D eigenvalue weighted by atomic mass is 10.0. The molecule has 3 aromatic carbocycles. The van der Waals surface area contributed by atoms with Crippen molar-refractivity contribution >= 4 is 46.5 Å². The van der Waals surface area contributed by atoms with E-state index in [9.17, 15) is 4.79 Å². The third-order valence-corrected chi connectivity index (χ3v) is 8.22. The summed E-state index contributed by atoms with van der Waals surface area (Å²) in [5, 5.41) is 12.7. The van der Waals surface area contributed by atoms with E-state index < -0.39 is 0 Å². The van der Waals surface area contributed by atoms with Crippen molar-refractivity contribution in [2.24, 2.45) is 5.10 Å². The SMILES string of the molecule is C/C(=N\NC(=O)CSc1nnc(SCc2ccc(C)cc2)s1)c1ccc(-c2ccccc2)cc1. The average molecular weight is 505 g/mol. The van der Waals surface area contributed by atoms with Crippen molar-refractivity contribution < 1.29 is 4.79 Å². The van der Waals surface area contributed by atoms with E-state index in [1.54, 1.807) is 11.8 Å². The van der Waals surface area contributed by atoms with Crippen LogP contribution in [-0.2, 0) is 10.5 Å². The molecular weight excluding hydrogens is 481 g/mol. The van der Waals surface area contributed by atoms with Crippen molar-refractivity contribution in [3.05, 3.63) is 95.6 Å². The highest BCUT2D eigenvalue weighted by molar-refractivity contribution is 8.03. The number of aryl methyl sites for hydroxylation is 1. The molecule has 4 rings (SSSR count). The molecule has 1 heterocycles. The molecule has 0 aliphatic heterocycles. The zero-order chi connectivity index (χ0) is 23.8. The smallest absolute Gasteiger partial charge is 0.250 e. The molecule has 1 aromatic heterocycles. The Morgan fingerprint density at radius 1 is 0.882 bits per heavy atom. The van der Waals surface area contributed by atoms with E-state index in [4.69, 9.17) is 0 Å². The van der Waals surface area contributed by atoms with Crippen LogP contribution in [0.1, 0.15) is 23.6 Å². The fourth-order valence-corrected chi connectivity index (χ4v) is 5.82. The summed E-state index contributed by atoms with van der Waals surface area (Å²) in [5.41, 5.74) is 9.17. The number of amides is 1. The van der Waals surface area contributed by atoms with Gasteiger partial charge in [0.05, 0.1) is 11.5 Å². The van der Waals surface area contributed by atoms with Gasteiger partial charge in [-0.3, -0.25) is 4.79 Å². The molecule has 172 valence electrons. The maximum atomic E-state index is 12.2. The molecule has 0 saturated heterocycles. The normalized spacial score (nSPS) is 11.4. The molecule has 0 aliphatic rings.